The maximum Gasteiger partial charge on any atom is 0.219 e. The van der Waals surface area contributed by atoms with Crippen LogP contribution >= 0.6 is 11.6 Å². The minimum Gasteiger partial charge on any atom is -0.481 e. The van der Waals surface area contributed by atoms with Crippen LogP contribution in [0.5, 0.6) is 5.88 Å². The van der Waals surface area contributed by atoms with Crippen molar-refractivity contribution in [1.82, 2.24) is 9.88 Å². The Balaban J connectivity index is 2.46. The number of aromatic nitrogens is 1. The average Bonchev–Trinajstić information content (AvgIpc) is 2.63. The predicted molar refractivity (Wildman–Crippen MR) is 65.1 cm³/mol. The first-order valence-corrected chi connectivity index (χ1v) is 5.92. The number of ether oxygens (including phenoxy) is 1. The van der Waals surface area contributed by atoms with Crippen LogP contribution in [-0.2, 0) is 0 Å². The first-order valence-electron chi connectivity index (χ1n) is 5.54. The molecule has 0 aliphatic carbocycles. The Kier molecular flexibility index (Phi) is 3.36. The molecule has 1 aromatic heterocycles. The van der Waals surface area contributed by atoms with Crippen LogP contribution < -0.4 is 4.74 Å². The van der Waals surface area contributed by atoms with Gasteiger partial charge in [0.25, 0.3) is 0 Å². The second-order valence-electron chi connectivity index (χ2n) is 4.32. The summed E-state index contributed by atoms with van der Waals surface area (Å²) in [6, 6.07) is 2.32. The van der Waals surface area contributed by atoms with Crippen molar-refractivity contribution < 1.29 is 4.74 Å². The molecule has 0 bridgehead atoms. The quantitative estimate of drug-likeness (QED) is 0.744. The van der Waals surface area contributed by atoms with E-state index < -0.39 is 0 Å². The molecule has 1 saturated heterocycles. The van der Waals surface area contributed by atoms with Gasteiger partial charge in [-0.25, -0.2) is 4.98 Å². The third kappa shape index (κ3) is 2.02. The molecule has 88 valence electrons. The van der Waals surface area contributed by atoms with Gasteiger partial charge in [0.1, 0.15) is 5.15 Å². The van der Waals surface area contributed by atoms with E-state index in [9.17, 15) is 0 Å². The van der Waals surface area contributed by atoms with Gasteiger partial charge in [0.2, 0.25) is 5.88 Å². The van der Waals surface area contributed by atoms with Crippen molar-refractivity contribution in [3.8, 4) is 5.88 Å². The van der Waals surface area contributed by atoms with E-state index in [-0.39, 0.29) is 0 Å². The standard InChI is InChI=1S/C12H17ClN2O/c1-8-7-10(13)14-12(16-3)11(8)9-5-4-6-15(9)2/h7,9H,4-6H2,1-3H3. The maximum absolute atomic E-state index is 5.94. The fourth-order valence-corrected chi connectivity index (χ4v) is 2.69. The van der Waals surface area contributed by atoms with Crippen LogP contribution in [0.3, 0.4) is 0 Å². The van der Waals surface area contributed by atoms with E-state index in [1.807, 2.05) is 6.07 Å². The number of nitrogens with zero attached hydrogens (tertiary/aromatic N) is 2. The van der Waals surface area contributed by atoms with E-state index in [4.69, 9.17) is 16.3 Å². The molecule has 1 unspecified atom stereocenters. The molecule has 1 atom stereocenters. The van der Waals surface area contributed by atoms with Crippen LogP contribution in [0.4, 0.5) is 0 Å². The van der Waals surface area contributed by atoms with Gasteiger partial charge >= 0.3 is 0 Å². The monoisotopic (exact) mass is 240 g/mol. The summed E-state index contributed by atoms with van der Waals surface area (Å²) in [5.74, 6) is 0.670. The molecule has 4 heteroatoms. The number of hydrogen-bond acceptors (Lipinski definition) is 3. The molecule has 1 aromatic rings. The summed E-state index contributed by atoms with van der Waals surface area (Å²) >= 11 is 5.94. The summed E-state index contributed by atoms with van der Waals surface area (Å²) in [4.78, 5) is 6.60. The van der Waals surface area contributed by atoms with Crippen molar-refractivity contribution in [2.45, 2.75) is 25.8 Å². The Bertz CT molecular complexity index is 395. The molecule has 1 aliphatic heterocycles. The lowest BCUT2D eigenvalue weighted by atomic mass is 10.0. The maximum atomic E-state index is 5.94. The molecule has 0 aromatic carbocycles. The van der Waals surface area contributed by atoms with Gasteiger partial charge in [-0.2, -0.15) is 0 Å². The number of halogens is 1. The van der Waals surface area contributed by atoms with Gasteiger partial charge in [0.05, 0.1) is 7.11 Å². The molecular weight excluding hydrogens is 224 g/mol. The summed E-state index contributed by atoms with van der Waals surface area (Å²) in [5.41, 5.74) is 2.35. The molecule has 0 saturated carbocycles. The summed E-state index contributed by atoms with van der Waals surface area (Å²) in [6.07, 6.45) is 2.39. The highest BCUT2D eigenvalue weighted by Gasteiger charge is 2.27. The fraction of sp³-hybridized carbons (Fsp3) is 0.583. The van der Waals surface area contributed by atoms with Crippen molar-refractivity contribution in [3.05, 3.63) is 22.3 Å². The topological polar surface area (TPSA) is 25.4 Å². The van der Waals surface area contributed by atoms with Crippen molar-refractivity contribution in [3.63, 3.8) is 0 Å². The summed E-state index contributed by atoms with van der Waals surface area (Å²) in [7, 11) is 3.79. The Labute approximate surface area is 101 Å². The number of aryl methyl sites for hydroxylation is 1. The molecule has 1 aliphatic rings. The van der Waals surface area contributed by atoms with Crippen LogP contribution in [-0.4, -0.2) is 30.6 Å². The van der Waals surface area contributed by atoms with Crippen LogP contribution in [0.2, 0.25) is 5.15 Å². The Morgan fingerprint density at radius 1 is 1.56 bits per heavy atom. The van der Waals surface area contributed by atoms with Gasteiger partial charge in [-0.05, 0) is 45.0 Å². The largest absolute Gasteiger partial charge is 0.481 e. The van der Waals surface area contributed by atoms with E-state index in [1.54, 1.807) is 7.11 Å². The van der Waals surface area contributed by atoms with Crippen LogP contribution in [0, 0.1) is 6.92 Å². The Morgan fingerprint density at radius 3 is 2.88 bits per heavy atom. The van der Waals surface area contributed by atoms with Crippen LogP contribution in [0.25, 0.3) is 0 Å². The molecule has 0 radical (unpaired) electrons. The summed E-state index contributed by atoms with van der Waals surface area (Å²) in [5, 5.41) is 0.499. The fourth-order valence-electron chi connectivity index (χ4n) is 2.45. The Morgan fingerprint density at radius 2 is 2.31 bits per heavy atom. The number of rotatable bonds is 2. The summed E-state index contributed by atoms with van der Waals surface area (Å²) < 4.78 is 5.35. The second-order valence-corrected chi connectivity index (χ2v) is 4.71. The molecule has 2 heterocycles. The molecule has 3 nitrogen and oxygen atoms in total. The third-order valence-electron chi connectivity index (χ3n) is 3.25. The van der Waals surface area contributed by atoms with Gasteiger partial charge in [0.15, 0.2) is 0 Å². The average molecular weight is 241 g/mol. The molecule has 16 heavy (non-hydrogen) atoms. The molecule has 2 rings (SSSR count). The first kappa shape index (κ1) is 11.7. The molecule has 0 spiro atoms. The van der Waals surface area contributed by atoms with Gasteiger partial charge < -0.3 is 4.74 Å². The molecular formula is C12H17ClN2O. The Hall–Kier alpha value is -0.800. The van der Waals surface area contributed by atoms with Gasteiger partial charge in [0, 0.05) is 11.6 Å². The van der Waals surface area contributed by atoms with Gasteiger partial charge in [-0.3, -0.25) is 4.90 Å². The van der Waals surface area contributed by atoms with Crippen LogP contribution in [0.15, 0.2) is 6.07 Å². The van der Waals surface area contributed by atoms with E-state index in [2.05, 4.69) is 23.9 Å². The van der Waals surface area contributed by atoms with E-state index >= 15 is 0 Å². The molecule has 1 fully saturated rings. The number of methoxy groups -OCH3 is 1. The lowest BCUT2D eigenvalue weighted by Gasteiger charge is -2.23. The number of hydrogen-bond donors (Lipinski definition) is 0. The zero-order valence-corrected chi connectivity index (χ0v) is 10.7. The highest BCUT2D eigenvalue weighted by atomic mass is 35.5. The summed E-state index contributed by atoms with van der Waals surface area (Å²) in [6.45, 7) is 3.20. The highest BCUT2D eigenvalue weighted by molar-refractivity contribution is 6.29. The minimum absolute atomic E-state index is 0.416. The van der Waals surface area contributed by atoms with Crippen molar-refractivity contribution in [2.24, 2.45) is 0 Å². The molecule has 0 N–H and O–H groups in total. The van der Waals surface area contributed by atoms with Gasteiger partial charge in [-0.1, -0.05) is 11.6 Å². The lowest BCUT2D eigenvalue weighted by Crippen LogP contribution is -2.19. The van der Waals surface area contributed by atoms with E-state index in [0.29, 0.717) is 17.1 Å². The zero-order valence-electron chi connectivity index (χ0n) is 9.96. The zero-order chi connectivity index (χ0) is 11.7. The number of likely N-dealkylation sites (tertiary alicyclic amines) is 1. The van der Waals surface area contributed by atoms with E-state index in [1.165, 1.54) is 12.0 Å². The first-order chi connectivity index (χ1) is 7.63. The van der Waals surface area contributed by atoms with Crippen molar-refractivity contribution in [1.29, 1.82) is 0 Å². The highest BCUT2D eigenvalue weighted by Crippen LogP contribution is 2.37. The van der Waals surface area contributed by atoms with E-state index in [0.717, 1.165) is 18.5 Å². The third-order valence-corrected chi connectivity index (χ3v) is 3.44. The normalized spacial score (nSPS) is 21.4. The molecule has 0 amide bonds. The SMILES string of the molecule is COc1nc(Cl)cc(C)c1C1CCCN1C. The second kappa shape index (κ2) is 4.60. The smallest absolute Gasteiger partial charge is 0.219 e. The van der Waals surface area contributed by atoms with Crippen molar-refractivity contribution in [2.75, 3.05) is 20.7 Å². The number of pyridine rings is 1. The predicted octanol–water partition coefficient (Wildman–Crippen LogP) is 2.82. The van der Waals surface area contributed by atoms with Gasteiger partial charge in [-0.15, -0.1) is 0 Å². The van der Waals surface area contributed by atoms with Crippen molar-refractivity contribution >= 4 is 11.6 Å². The lowest BCUT2D eigenvalue weighted by molar-refractivity contribution is 0.301. The minimum atomic E-state index is 0.416. The van der Waals surface area contributed by atoms with Crippen LogP contribution in [0.1, 0.15) is 30.0 Å².